The van der Waals surface area contributed by atoms with E-state index < -0.39 is 0 Å². The monoisotopic (exact) mass is 315 g/mol. The number of ether oxygens (including phenoxy) is 1. The molecule has 0 bridgehead atoms. The number of nitrogens with one attached hydrogen (secondary N) is 1. The molecule has 1 aliphatic heterocycles. The maximum absolute atomic E-state index is 6.19. The van der Waals surface area contributed by atoms with E-state index in [9.17, 15) is 0 Å². The molecule has 6 nitrogen and oxygen atoms in total. The van der Waals surface area contributed by atoms with Crippen LogP contribution >= 0.6 is 11.6 Å². The van der Waals surface area contributed by atoms with E-state index in [1.165, 1.54) is 0 Å². The highest BCUT2D eigenvalue weighted by Gasteiger charge is 2.16. The van der Waals surface area contributed by atoms with Crippen LogP contribution in [0.4, 0.5) is 5.95 Å². The van der Waals surface area contributed by atoms with E-state index in [0.29, 0.717) is 24.3 Å². The number of aromatic nitrogens is 4. The molecular formula is C15H14ClN5O. The van der Waals surface area contributed by atoms with E-state index in [2.05, 4.69) is 25.1 Å². The Morgan fingerprint density at radius 1 is 1.14 bits per heavy atom. The number of fused-ring (bicyclic) bond motifs is 1. The summed E-state index contributed by atoms with van der Waals surface area (Å²) >= 11 is 6.19. The number of benzene rings is 1. The van der Waals surface area contributed by atoms with Gasteiger partial charge in [-0.1, -0.05) is 17.7 Å². The van der Waals surface area contributed by atoms with Gasteiger partial charge in [0.15, 0.2) is 0 Å². The third-order valence-corrected chi connectivity index (χ3v) is 3.91. The van der Waals surface area contributed by atoms with Crippen LogP contribution in [0.5, 0.6) is 0 Å². The molecule has 1 aliphatic rings. The molecular weight excluding hydrogens is 302 g/mol. The number of H-pyrrole nitrogens is 1. The molecule has 2 aromatic heterocycles. The second kappa shape index (κ2) is 5.55. The maximum Gasteiger partial charge on any atom is 0.227 e. The highest BCUT2D eigenvalue weighted by atomic mass is 35.5. The molecule has 0 amide bonds. The number of hydrogen-bond acceptors (Lipinski definition) is 5. The molecule has 0 unspecified atom stereocenters. The zero-order valence-corrected chi connectivity index (χ0v) is 12.5. The van der Waals surface area contributed by atoms with Crippen LogP contribution in [0.15, 0.2) is 30.5 Å². The molecule has 1 fully saturated rings. The van der Waals surface area contributed by atoms with Gasteiger partial charge in [-0.15, -0.1) is 0 Å². The van der Waals surface area contributed by atoms with Crippen LogP contribution < -0.4 is 4.90 Å². The molecule has 112 valence electrons. The van der Waals surface area contributed by atoms with Gasteiger partial charge in [0.2, 0.25) is 5.95 Å². The first-order valence-electron chi connectivity index (χ1n) is 7.10. The second-order valence-electron chi connectivity index (χ2n) is 5.15. The van der Waals surface area contributed by atoms with Crippen molar-refractivity contribution in [2.24, 2.45) is 0 Å². The molecule has 3 aromatic rings. The number of nitrogens with zero attached hydrogens (tertiary/aromatic N) is 4. The van der Waals surface area contributed by atoms with Crippen molar-refractivity contribution in [1.29, 1.82) is 0 Å². The summed E-state index contributed by atoms with van der Waals surface area (Å²) in [4.78, 5) is 11.1. The molecule has 0 spiro atoms. The topological polar surface area (TPSA) is 66.9 Å². The van der Waals surface area contributed by atoms with Crippen LogP contribution in [0.1, 0.15) is 0 Å². The number of rotatable bonds is 2. The number of hydrogen-bond donors (Lipinski definition) is 1. The summed E-state index contributed by atoms with van der Waals surface area (Å²) in [7, 11) is 0. The van der Waals surface area contributed by atoms with Gasteiger partial charge in [0.05, 0.1) is 30.6 Å². The van der Waals surface area contributed by atoms with E-state index in [0.717, 1.165) is 35.2 Å². The van der Waals surface area contributed by atoms with Gasteiger partial charge in [-0.05, 0) is 12.1 Å². The largest absolute Gasteiger partial charge is 0.378 e. The van der Waals surface area contributed by atoms with Crippen molar-refractivity contribution in [3.63, 3.8) is 0 Å². The minimum Gasteiger partial charge on any atom is -0.378 e. The summed E-state index contributed by atoms with van der Waals surface area (Å²) in [6.45, 7) is 2.93. The van der Waals surface area contributed by atoms with Gasteiger partial charge in [-0.2, -0.15) is 5.10 Å². The maximum atomic E-state index is 6.19. The molecule has 7 heteroatoms. The Morgan fingerprint density at radius 2 is 2.00 bits per heavy atom. The Kier molecular flexibility index (Phi) is 3.40. The molecule has 3 heterocycles. The van der Waals surface area contributed by atoms with E-state index in [-0.39, 0.29) is 0 Å². The highest BCUT2D eigenvalue weighted by Crippen LogP contribution is 2.26. The molecule has 0 saturated carbocycles. The van der Waals surface area contributed by atoms with Crippen LogP contribution in [0, 0.1) is 0 Å². The quantitative estimate of drug-likeness (QED) is 0.736. The Balaban J connectivity index is 1.75. The average Bonchev–Trinajstić information content (AvgIpc) is 3.02. The van der Waals surface area contributed by atoms with Crippen molar-refractivity contribution in [3.05, 3.63) is 35.6 Å². The van der Waals surface area contributed by atoms with Crippen LogP contribution in [0.3, 0.4) is 0 Å². The van der Waals surface area contributed by atoms with Crippen molar-refractivity contribution in [2.45, 2.75) is 0 Å². The Labute approximate surface area is 132 Å². The number of aromatic amines is 1. The summed E-state index contributed by atoms with van der Waals surface area (Å²) in [5.74, 6) is 0.651. The molecule has 1 aromatic carbocycles. The lowest BCUT2D eigenvalue weighted by Gasteiger charge is -2.27. The van der Waals surface area contributed by atoms with E-state index in [1.807, 2.05) is 18.2 Å². The van der Waals surface area contributed by atoms with E-state index >= 15 is 0 Å². The van der Waals surface area contributed by atoms with Gasteiger partial charge in [0.1, 0.15) is 5.15 Å². The Bertz CT molecular complexity index is 813. The number of anilines is 1. The normalized spacial score (nSPS) is 15.4. The van der Waals surface area contributed by atoms with Gasteiger partial charge in [0, 0.05) is 30.1 Å². The van der Waals surface area contributed by atoms with Crippen LogP contribution in [-0.2, 0) is 4.74 Å². The van der Waals surface area contributed by atoms with Crippen molar-refractivity contribution in [3.8, 4) is 11.3 Å². The standard InChI is InChI=1S/C15H14ClN5O/c16-14-8-13(10-1-2-12-11(7-10)9-17-20-12)18-15(19-14)21-3-5-22-6-4-21/h1-2,7-9H,3-6H2,(H,17,20). The van der Waals surface area contributed by atoms with Gasteiger partial charge >= 0.3 is 0 Å². The van der Waals surface area contributed by atoms with Crippen LogP contribution in [0.25, 0.3) is 22.2 Å². The highest BCUT2D eigenvalue weighted by molar-refractivity contribution is 6.29. The summed E-state index contributed by atoms with van der Waals surface area (Å²) in [6.07, 6.45) is 1.80. The molecule has 0 radical (unpaired) electrons. The fourth-order valence-electron chi connectivity index (χ4n) is 2.56. The Hall–Kier alpha value is -2.18. The molecule has 1 saturated heterocycles. The first kappa shape index (κ1) is 13.5. The van der Waals surface area contributed by atoms with Gasteiger partial charge in [-0.25, -0.2) is 9.97 Å². The molecule has 22 heavy (non-hydrogen) atoms. The first-order valence-corrected chi connectivity index (χ1v) is 7.48. The Morgan fingerprint density at radius 3 is 2.86 bits per heavy atom. The van der Waals surface area contributed by atoms with Crippen molar-refractivity contribution >= 4 is 28.5 Å². The smallest absolute Gasteiger partial charge is 0.227 e. The predicted molar refractivity (Wildman–Crippen MR) is 85.2 cm³/mol. The summed E-state index contributed by atoms with van der Waals surface area (Å²) in [5, 5.41) is 8.47. The van der Waals surface area contributed by atoms with E-state index in [4.69, 9.17) is 16.3 Å². The van der Waals surface area contributed by atoms with E-state index in [1.54, 1.807) is 12.3 Å². The third kappa shape index (κ3) is 2.51. The van der Waals surface area contributed by atoms with Gasteiger partial charge in [-0.3, -0.25) is 5.10 Å². The fourth-order valence-corrected chi connectivity index (χ4v) is 2.74. The van der Waals surface area contributed by atoms with Crippen LogP contribution in [-0.4, -0.2) is 46.5 Å². The van der Waals surface area contributed by atoms with Crippen molar-refractivity contribution < 1.29 is 4.74 Å². The SMILES string of the molecule is Clc1cc(-c2ccc3[nH]ncc3c2)nc(N2CCOCC2)n1. The number of halogens is 1. The number of morpholine rings is 1. The zero-order chi connectivity index (χ0) is 14.9. The molecule has 4 rings (SSSR count). The summed E-state index contributed by atoms with van der Waals surface area (Å²) in [5.41, 5.74) is 2.80. The third-order valence-electron chi connectivity index (χ3n) is 3.71. The summed E-state index contributed by atoms with van der Waals surface area (Å²) in [6, 6.07) is 7.82. The van der Waals surface area contributed by atoms with Crippen molar-refractivity contribution in [2.75, 3.05) is 31.2 Å². The second-order valence-corrected chi connectivity index (χ2v) is 5.53. The summed E-state index contributed by atoms with van der Waals surface area (Å²) < 4.78 is 5.37. The minimum atomic E-state index is 0.443. The molecule has 1 N–H and O–H groups in total. The lowest BCUT2D eigenvalue weighted by Crippen LogP contribution is -2.37. The molecule has 0 aliphatic carbocycles. The lowest BCUT2D eigenvalue weighted by atomic mass is 10.1. The van der Waals surface area contributed by atoms with Gasteiger partial charge in [0.25, 0.3) is 0 Å². The van der Waals surface area contributed by atoms with Crippen molar-refractivity contribution in [1.82, 2.24) is 20.2 Å². The average molecular weight is 316 g/mol. The van der Waals surface area contributed by atoms with Crippen LogP contribution in [0.2, 0.25) is 5.15 Å². The minimum absolute atomic E-state index is 0.443. The lowest BCUT2D eigenvalue weighted by molar-refractivity contribution is 0.122. The first-order chi connectivity index (χ1) is 10.8. The molecule has 0 atom stereocenters. The van der Waals surface area contributed by atoms with Gasteiger partial charge < -0.3 is 9.64 Å². The predicted octanol–water partition coefficient (Wildman–Crippen LogP) is 2.51. The fraction of sp³-hybridized carbons (Fsp3) is 0.267. The zero-order valence-electron chi connectivity index (χ0n) is 11.8.